The lowest BCUT2D eigenvalue weighted by atomic mass is 9.86. The highest BCUT2D eigenvalue weighted by Gasteiger charge is 2.24. The molecule has 1 aliphatic rings. The highest BCUT2D eigenvalue weighted by atomic mass is 16.1. The predicted molar refractivity (Wildman–Crippen MR) is 75.0 cm³/mol. The van der Waals surface area contributed by atoms with Gasteiger partial charge in [-0.15, -0.1) is 0 Å². The molecule has 2 nitrogen and oxygen atoms in total. The summed E-state index contributed by atoms with van der Waals surface area (Å²) in [5.41, 5.74) is 3.46. The number of hydrogen-bond donors (Lipinski definition) is 1. The Kier molecular flexibility index (Phi) is 4.40. The van der Waals surface area contributed by atoms with Crippen molar-refractivity contribution >= 4 is 5.91 Å². The van der Waals surface area contributed by atoms with Crippen LogP contribution in [0.25, 0.3) is 0 Å². The number of nitrogens with one attached hydrogen (secondary N) is 1. The second-order valence-corrected chi connectivity index (χ2v) is 5.22. The largest absolute Gasteiger partial charge is 0.351 e. The van der Waals surface area contributed by atoms with E-state index in [0.29, 0.717) is 5.92 Å². The molecule has 0 aromatic heterocycles. The zero-order valence-electron chi connectivity index (χ0n) is 11.5. The Morgan fingerprint density at radius 3 is 2.83 bits per heavy atom. The van der Waals surface area contributed by atoms with Gasteiger partial charge in [-0.05, 0) is 36.5 Å². The summed E-state index contributed by atoms with van der Waals surface area (Å²) >= 11 is 0. The molecular weight excluding hydrogens is 222 g/mol. The minimum atomic E-state index is 0.107. The van der Waals surface area contributed by atoms with Crippen LogP contribution in [0, 0.1) is 0 Å². The summed E-state index contributed by atoms with van der Waals surface area (Å²) < 4.78 is 0. The standard InChI is InChI=1S/C16H23NO/c1-3-5-7-12-8-9-14-13(6-4-2)11-17-16(18)15(14)10-12/h8-10,13H,3-7,11H2,1-2H3,(H,17,18). The maximum atomic E-state index is 12.0. The first kappa shape index (κ1) is 13.1. The summed E-state index contributed by atoms with van der Waals surface area (Å²) in [5, 5.41) is 3.02. The maximum Gasteiger partial charge on any atom is 0.251 e. The molecule has 1 aromatic rings. The molecule has 1 heterocycles. The van der Waals surface area contributed by atoms with E-state index in [1.54, 1.807) is 0 Å². The number of unbranched alkanes of at least 4 members (excludes halogenated alkanes) is 1. The van der Waals surface area contributed by atoms with Crippen molar-refractivity contribution in [3.05, 3.63) is 34.9 Å². The van der Waals surface area contributed by atoms with E-state index in [9.17, 15) is 4.79 Å². The Labute approximate surface area is 110 Å². The van der Waals surface area contributed by atoms with Gasteiger partial charge >= 0.3 is 0 Å². The highest BCUT2D eigenvalue weighted by molar-refractivity contribution is 5.97. The Bertz CT molecular complexity index is 425. The molecule has 98 valence electrons. The number of rotatable bonds is 5. The molecule has 1 aromatic carbocycles. The van der Waals surface area contributed by atoms with Crippen LogP contribution in [0.3, 0.4) is 0 Å². The summed E-state index contributed by atoms with van der Waals surface area (Å²) in [6, 6.07) is 6.48. The van der Waals surface area contributed by atoms with Crippen molar-refractivity contribution in [1.29, 1.82) is 0 Å². The summed E-state index contributed by atoms with van der Waals surface area (Å²) in [4.78, 5) is 12.0. The van der Waals surface area contributed by atoms with Crippen LogP contribution in [0.4, 0.5) is 0 Å². The Morgan fingerprint density at radius 1 is 1.28 bits per heavy atom. The molecule has 18 heavy (non-hydrogen) atoms. The predicted octanol–water partition coefficient (Wildman–Crippen LogP) is 3.66. The quantitative estimate of drug-likeness (QED) is 0.842. The molecule has 0 spiro atoms. The summed E-state index contributed by atoms with van der Waals surface area (Å²) in [5.74, 6) is 0.610. The minimum absolute atomic E-state index is 0.107. The number of aryl methyl sites for hydroxylation is 1. The molecule has 0 radical (unpaired) electrons. The van der Waals surface area contributed by atoms with Crippen molar-refractivity contribution in [2.24, 2.45) is 0 Å². The zero-order valence-corrected chi connectivity index (χ0v) is 11.5. The van der Waals surface area contributed by atoms with Crippen molar-refractivity contribution in [2.75, 3.05) is 6.54 Å². The van der Waals surface area contributed by atoms with Crippen LogP contribution < -0.4 is 5.32 Å². The Morgan fingerprint density at radius 2 is 2.11 bits per heavy atom. The van der Waals surface area contributed by atoms with E-state index in [1.165, 1.54) is 24.0 Å². The molecule has 1 unspecified atom stereocenters. The SMILES string of the molecule is CCCCc1ccc2c(c1)C(=O)NCC2CCC. The molecule has 0 fully saturated rings. The second-order valence-electron chi connectivity index (χ2n) is 5.22. The normalized spacial score (nSPS) is 18.3. The number of benzene rings is 1. The van der Waals surface area contributed by atoms with Gasteiger partial charge in [0.05, 0.1) is 0 Å². The van der Waals surface area contributed by atoms with E-state index < -0.39 is 0 Å². The van der Waals surface area contributed by atoms with Crippen molar-refractivity contribution in [2.45, 2.75) is 51.9 Å². The van der Waals surface area contributed by atoms with Crippen molar-refractivity contribution in [3.63, 3.8) is 0 Å². The number of hydrogen-bond acceptors (Lipinski definition) is 1. The van der Waals surface area contributed by atoms with E-state index in [2.05, 4.69) is 37.4 Å². The number of amides is 1. The second kappa shape index (κ2) is 6.03. The molecule has 1 amide bonds. The van der Waals surface area contributed by atoms with Gasteiger partial charge in [0.1, 0.15) is 0 Å². The Hall–Kier alpha value is -1.31. The number of fused-ring (bicyclic) bond motifs is 1. The zero-order chi connectivity index (χ0) is 13.0. The smallest absolute Gasteiger partial charge is 0.251 e. The maximum absolute atomic E-state index is 12.0. The molecule has 1 atom stereocenters. The molecule has 2 heteroatoms. The minimum Gasteiger partial charge on any atom is -0.351 e. The van der Waals surface area contributed by atoms with Crippen LogP contribution in [0.5, 0.6) is 0 Å². The van der Waals surface area contributed by atoms with Crippen LogP contribution in [-0.4, -0.2) is 12.5 Å². The molecule has 2 rings (SSSR count). The first-order valence-corrected chi connectivity index (χ1v) is 7.17. The van der Waals surface area contributed by atoms with Gasteiger partial charge in [-0.25, -0.2) is 0 Å². The van der Waals surface area contributed by atoms with Gasteiger partial charge in [0.2, 0.25) is 0 Å². The third-order valence-corrected chi connectivity index (χ3v) is 3.77. The first-order valence-electron chi connectivity index (χ1n) is 7.17. The van der Waals surface area contributed by atoms with Gasteiger partial charge < -0.3 is 5.32 Å². The fourth-order valence-electron chi connectivity index (χ4n) is 2.72. The monoisotopic (exact) mass is 245 g/mol. The van der Waals surface area contributed by atoms with Crippen molar-refractivity contribution < 1.29 is 4.79 Å². The third-order valence-electron chi connectivity index (χ3n) is 3.77. The van der Waals surface area contributed by atoms with Crippen LogP contribution in [0.2, 0.25) is 0 Å². The average molecular weight is 245 g/mol. The lowest BCUT2D eigenvalue weighted by Crippen LogP contribution is -2.35. The molecular formula is C16H23NO. The average Bonchev–Trinajstić information content (AvgIpc) is 2.40. The topological polar surface area (TPSA) is 29.1 Å². The van der Waals surface area contributed by atoms with E-state index in [4.69, 9.17) is 0 Å². The van der Waals surface area contributed by atoms with Crippen molar-refractivity contribution in [1.82, 2.24) is 5.32 Å². The van der Waals surface area contributed by atoms with E-state index in [0.717, 1.165) is 31.4 Å². The fraction of sp³-hybridized carbons (Fsp3) is 0.562. The molecule has 1 N–H and O–H groups in total. The lowest BCUT2D eigenvalue weighted by molar-refractivity contribution is 0.0939. The van der Waals surface area contributed by atoms with Gasteiger partial charge in [-0.3, -0.25) is 4.79 Å². The highest BCUT2D eigenvalue weighted by Crippen LogP contribution is 2.28. The van der Waals surface area contributed by atoms with Crippen LogP contribution >= 0.6 is 0 Å². The van der Waals surface area contributed by atoms with E-state index in [1.807, 2.05) is 0 Å². The van der Waals surface area contributed by atoms with Crippen LogP contribution in [0.1, 0.15) is 66.9 Å². The van der Waals surface area contributed by atoms with Crippen LogP contribution in [-0.2, 0) is 6.42 Å². The summed E-state index contributed by atoms with van der Waals surface area (Å²) in [7, 11) is 0. The third kappa shape index (κ3) is 2.74. The van der Waals surface area contributed by atoms with Gasteiger partial charge in [0.15, 0.2) is 0 Å². The van der Waals surface area contributed by atoms with Gasteiger partial charge in [-0.2, -0.15) is 0 Å². The van der Waals surface area contributed by atoms with Gasteiger partial charge in [0.25, 0.3) is 5.91 Å². The molecule has 0 saturated carbocycles. The summed E-state index contributed by atoms with van der Waals surface area (Å²) in [6.07, 6.45) is 5.79. The van der Waals surface area contributed by atoms with Gasteiger partial charge in [-0.1, -0.05) is 38.8 Å². The number of carbonyl (C=O) groups excluding carboxylic acids is 1. The molecule has 0 aliphatic carbocycles. The van der Waals surface area contributed by atoms with Crippen LogP contribution in [0.15, 0.2) is 18.2 Å². The summed E-state index contributed by atoms with van der Waals surface area (Å²) in [6.45, 7) is 5.20. The van der Waals surface area contributed by atoms with E-state index >= 15 is 0 Å². The fourth-order valence-corrected chi connectivity index (χ4v) is 2.72. The number of carbonyl (C=O) groups is 1. The Balaban J connectivity index is 2.25. The first-order chi connectivity index (χ1) is 8.76. The van der Waals surface area contributed by atoms with Crippen molar-refractivity contribution in [3.8, 4) is 0 Å². The van der Waals surface area contributed by atoms with E-state index in [-0.39, 0.29) is 5.91 Å². The molecule has 0 saturated heterocycles. The van der Waals surface area contributed by atoms with Gasteiger partial charge in [0, 0.05) is 18.0 Å². The molecule has 1 aliphatic heterocycles. The molecule has 0 bridgehead atoms. The lowest BCUT2D eigenvalue weighted by Gasteiger charge is -2.26.